The van der Waals surface area contributed by atoms with E-state index in [1.807, 2.05) is 55.5 Å². The third kappa shape index (κ3) is 4.25. The lowest BCUT2D eigenvalue weighted by Gasteiger charge is -2.32. The van der Waals surface area contributed by atoms with E-state index < -0.39 is 0 Å². The molecule has 1 aliphatic rings. The first-order valence-electron chi connectivity index (χ1n) is 9.67. The molecule has 0 aliphatic carbocycles. The van der Waals surface area contributed by atoms with Crippen molar-refractivity contribution in [1.29, 1.82) is 0 Å². The molecule has 7 nitrogen and oxygen atoms in total. The first-order valence-corrected chi connectivity index (χ1v) is 9.67. The van der Waals surface area contributed by atoms with E-state index in [0.29, 0.717) is 24.5 Å². The van der Waals surface area contributed by atoms with Gasteiger partial charge in [0.1, 0.15) is 0 Å². The first kappa shape index (κ1) is 20.4. The number of nitrogens with one attached hydrogen (secondary N) is 1. The van der Waals surface area contributed by atoms with Crippen molar-refractivity contribution in [3.63, 3.8) is 0 Å². The normalized spacial score (nSPS) is 15.6. The summed E-state index contributed by atoms with van der Waals surface area (Å²) in [5.74, 6) is 5.88. The van der Waals surface area contributed by atoms with Gasteiger partial charge in [-0.25, -0.2) is 5.84 Å². The quantitative estimate of drug-likeness (QED) is 0.532. The number of nitrogens with zero attached hydrogens (tertiary/aromatic N) is 2. The summed E-state index contributed by atoms with van der Waals surface area (Å²) in [6, 6.07) is 15.3. The van der Waals surface area contributed by atoms with Crippen LogP contribution in [0.1, 0.15) is 37.9 Å². The standard InChI is InChI=1S/C22H27N5O2.H2/c1-3-25-19(28)12-13-20(29)27-14-15-8-4-5-9-16(15)21(23)22(26(2)24)17-10-6-7-11-18(17)27;/h4-11H,3,12-14,23-24H2,1-2H3,(H,25,28);1H/b22-21-;. The van der Waals surface area contributed by atoms with Crippen molar-refractivity contribution < 1.29 is 11.0 Å². The second-order valence-electron chi connectivity index (χ2n) is 6.98. The molecule has 1 heterocycles. The minimum atomic E-state index is -0.131. The van der Waals surface area contributed by atoms with Crippen LogP contribution in [0.3, 0.4) is 0 Å². The molecule has 2 aromatic carbocycles. The zero-order chi connectivity index (χ0) is 21.0. The fourth-order valence-corrected chi connectivity index (χ4v) is 3.60. The number of benzene rings is 2. The summed E-state index contributed by atoms with van der Waals surface area (Å²) < 4.78 is 0. The molecule has 0 saturated carbocycles. The predicted molar refractivity (Wildman–Crippen MR) is 117 cm³/mol. The molecular weight excluding hydrogens is 366 g/mol. The van der Waals surface area contributed by atoms with Crippen LogP contribution in [0.25, 0.3) is 11.4 Å². The van der Waals surface area contributed by atoms with Gasteiger partial charge < -0.3 is 21.0 Å². The second-order valence-corrected chi connectivity index (χ2v) is 6.98. The lowest BCUT2D eigenvalue weighted by molar-refractivity contribution is -0.125. The van der Waals surface area contributed by atoms with E-state index in [4.69, 9.17) is 11.6 Å². The van der Waals surface area contributed by atoms with Crippen LogP contribution in [0.15, 0.2) is 48.5 Å². The number of amides is 2. The van der Waals surface area contributed by atoms with Crippen LogP contribution in [0, 0.1) is 0 Å². The number of carbonyl (C=O) groups is 2. The number of rotatable bonds is 5. The van der Waals surface area contributed by atoms with E-state index in [1.54, 1.807) is 11.9 Å². The maximum atomic E-state index is 13.2. The van der Waals surface area contributed by atoms with Crippen molar-refractivity contribution in [3.05, 3.63) is 65.2 Å². The molecule has 154 valence electrons. The SMILES string of the molecule is CCNC(=O)CCC(=O)N1Cc2ccccc2/C(N)=C(/N(C)N)c2ccccc21.[HH]. The maximum absolute atomic E-state index is 13.2. The molecule has 0 unspecified atom stereocenters. The summed E-state index contributed by atoms with van der Waals surface area (Å²) in [5.41, 5.74) is 11.0. The number of carbonyl (C=O) groups excluding carboxylic acids is 2. The molecule has 2 amide bonds. The van der Waals surface area contributed by atoms with Crippen molar-refractivity contribution in [2.45, 2.75) is 26.3 Å². The van der Waals surface area contributed by atoms with Crippen LogP contribution in [-0.2, 0) is 16.1 Å². The number of hydrazine groups is 1. The van der Waals surface area contributed by atoms with Crippen LogP contribution >= 0.6 is 0 Å². The van der Waals surface area contributed by atoms with Gasteiger partial charge >= 0.3 is 0 Å². The molecule has 0 bridgehead atoms. The van der Waals surface area contributed by atoms with Crippen LogP contribution in [0.5, 0.6) is 0 Å². The van der Waals surface area contributed by atoms with Gasteiger partial charge in [0.2, 0.25) is 11.8 Å². The average Bonchev–Trinajstić information content (AvgIpc) is 2.70. The molecule has 0 aromatic heterocycles. The van der Waals surface area contributed by atoms with E-state index in [0.717, 1.165) is 22.4 Å². The molecular formula is C22H29N5O2. The van der Waals surface area contributed by atoms with Crippen molar-refractivity contribution in [2.75, 3.05) is 18.5 Å². The summed E-state index contributed by atoms with van der Waals surface area (Å²) in [4.78, 5) is 26.7. The molecule has 0 fully saturated rings. The average molecular weight is 396 g/mol. The number of anilines is 1. The van der Waals surface area contributed by atoms with E-state index in [-0.39, 0.29) is 26.1 Å². The molecule has 0 spiro atoms. The maximum Gasteiger partial charge on any atom is 0.227 e. The van der Waals surface area contributed by atoms with Crippen LogP contribution in [0.2, 0.25) is 0 Å². The summed E-state index contributed by atoms with van der Waals surface area (Å²) in [7, 11) is 1.73. The fraction of sp³-hybridized carbons (Fsp3) is 0.273. The minimum absolute atomic E-state index is 0. The third-order valence-corrected chi connectivity index (χ3v) is 4.93. The van der Waals surface area contributed by atoms with Gasteiger partial charge in [-0.05, 0) is 18.6 Å². The molecule has 0 radical (unpaired) electrons. The van der Waals surface area contributed by atoms with Gasteiger partial charge in [-0.15, -0.1) is 0 Å². The first-order chi connectivity index (χ1) is 13.9. The van der Waals surface area contributed by atoms with E-state index >= 15 is 0 Å². The predicted octanol–water partition coefficient (Wildman–Crippen LogP) is 2.29. The minimum Gasteiger partial charge on any atom is -0.396 e. The Morgan fingerprint density at radius 1 is 1.10 bits per heavy atom. The van der Waals surface area contributed by atoms with Gasteiger partial charge in [0.05, 0.1) is 23.6 Å². The Bertz CT molecular complexity index is 958. The number of nitrogens with two attached hydrogens (primary N) is 2. The highest BCUT2D eigenvalue weighted by atomic mass is 16.2. The van der Waals surface area contributed by atoms with Gasteiger partial charge in [0.25, 0.3) is 0 Å². The number of fused-ring (bicyclic) bond motifs is 2. The van der Waals surface area contributed by atoms with Gasteiger partial charge in [-0.2, -0.15) is 0 Å². The van der Waals surface area contributed by atoms with Crippen LogP contribution in [0.4, 0.5) is 5.69 Å². The molecule has 1 aliphatic heterocycles. The lowest BCUT2D eigenvalue weighted by Crippen LogP contribution is -2.35. The van der Waals surface area contributed by atoms with Gasteiger partial charge in [-0.3, -0.25) is 9.59 Å². The molecule has 3 rings (SSSR count). The lowest BCUT2D eigenvalue weighted by atomic mass is 9.95. The van der Waals surface area contributed by atoms with Gasteiger partial charge in [-0.1, -0.05) is 42.5 Å². The van der Waals surface area contributed by atoms with E-state index in [1.165, 1.54) is 5.01 Å². The summed E-state index contributed by atoms with van der Waals surface area (Å²) in [5, 5.41) is 4.21. The molecule has 2 aromatic rings. The Balaban J connectivity index is 0.00000320. The Kier molecular flexibility index (Phi) is 6.19. The Hall–Kier alpha value is -3.32. The van der Waals surface area contributed by atoms with E-state index in [2.05, 4.69) is 5.32 Å². The second kappa shape index (κ2) is 8.79. The zero-order valence-electron chi connectivity index (χ0n) is 16.8. The van der Waals surface area contributed by atoms with E-state index in [9.17, 15) is 9.59 Å². The van der Waals surface area contributed by atoms with Crippen molar-refractivity contribution in [1.82, 2.24) is 10.3 Å². The molecule has 7 heteroatoms. The topological polar surface area (TPSA) is 105 Å². The van der Waals surface area contributed by atoms with Crippen molar-refractivity contribution >= 4 is 28.9 Å². The highest BCUT2D eigenvalue weighted by molar-refractivity contribution is 6.01. The highest BCUT2D eigenvalue weighted by Gasteiger charge is 2.27. The number of para-hydroxylation sites is 1. The van der Waals surface area contributed by atoms with Crippen LogP contribution < -0.4 is 21.8 Å². The Morgan fingerprint density at radius 3 is 2.45 bits per heavy atom. The van der Waals surface area contributed by atoms with Gasteiger partial charge in [0.15, 0.2) is 0 Å². The smallest absolute Gasteiger partial charge is 0.227 e. The molecule has 5 N–H and O–H groups in total. The monoisotopic (exact) mass is 395 g/mol. The number of hydrogen-bond donors (Lipinski definition) is 3. The molecule has 0 atom stereocenters. The summed E-state index contributed by atoms with van der Waals surface area (Å²) >= 11 is 0. The Morgan fingerprint density at radius 2 is 1.76 bits per heavy atom. The Labute approximate surface area is 172 Å². The largest absolute Gasteiger partial charge is 0.396 e. The molecule has 29 heavy (non-hydrogen) atoms. The van der Waals surface area contributed by atoms with Crippen molar-refractivity contribution in [2.24, 2.45) is 11.6 Å². The zero-order valence-corrected chi connectivity index (χ0v) is 16.8. The van der Waals surface area contributed by atoms with Crippen LogP contribution in [-0.4, -0.2) is 30.4 Å². The molecule has 0 saturated heterocycles. The summed E-state index contributed by atoms with van der Waals surface area (Å²) in [6.45, 7) is 2.76. The summed E-state index contributed by atoms with van der Waals surface area (Å²) in [6.07, 6.45) is 0.268. The van der Waals surface area contributed by atoms with Gasteiger partial charge in [0, 0.05) is 39.0 Å². The fourth-order valence-electron chi connectivity index (χ4n) is 3.60. The highest BCUT2D eigenvalue weighted by Crippen LogP contribution is 2.36. The third-order valence-electron chi connectivity index (χ3n) is 4.93. The number of hydrogen-bond acceptors (Lipinski definition) is 5. The van der Waals surface area contributed by atoms with Crippen molar-refractivity contribution in [3.8, 4) is 0 Å².